The van der Waals surface area contributed by atoms with Crippen molar-refractivity contribution in [2.24, 2.45) is 17.8 Å². The van der Waals surface area contributed by atoms with Gasteiger partial charge in [-0.3, -0.25) is 9.59 Å². The number of carbonyl (C=O) groups is 2. The Labute approximate surface area is 142 Å². The van der Waals surface area contributed by atoms with Gasteiger partial charge in [-0.05, 0) is 69.6 Å². The molecule has 23 heavy (non-hydrogen) atoms. The van der Waals surface area contributed by atoms with E-state index in [2.05, 4.69) is 12.2 Å². The predicted octanol–water partition coefficient (Wildman–Crippen LogP) is 2.53. The largest absolute Gasteiger partial charge is 0.349 e. The molecular weight excluding hydrogens is 308 g/mol. The number of hydrogen-bond acceptors (Lipinski definition) is 3. The molecule has 6 rings (SSSR count). The highest BCUT2D eigenvalue weighted by Gasteiger charge is 2.56. The fourth-order valence-corrected chi connectivity index (χ4v) is 8.05. The molecule has 4 aliphatic carbocycles. The summed E-state index contributed by atoms with van der Waals surface area (Å²) in [5.74, 6) is 3.55. The van der Waals surface area contributed by atoms with Crippen LogP contribution in [0.4, 0.5) is 0 Å². The van der Waals surface area contributed by atoms with Crippen molar-refractivity contribution in [2.75, 3.05) is 5.75 Å². The molecule has 6 aliphatic rings. The number of carbonyl (C=O) groups excluding carboxylic acids is 2. The Bertz CT molecular complexity index is 542. The average Bonchev–Trinajstić information content (AvgIpc) is 2.94. The van der Waals surface area contributed by atoms with Crippen LogP contribution in [-0.2, 0) is 9.59 Å². The molecule has 0 unspecified atom stereocenters. The predicted molar refractivity (Wildman–Crippen MR) is 89.8 cm³/mol. The summed E-state index contributed by atoms with van der Waals surface area (Å²) in [6, 6.07) is -0.243. The number of hydrogen-bond donors (Lipinski definition) is 1. The van der Waals surface area contributed by atoms with Crippen molar-refractivity contribution in [3.8, 4) is 0 Å². The van der Waals surface area contributed by atoms with E-state index < -0.39 is 0 Å². The van der Waals surface area contributed by atoms with E-state index in [1.807, 2.05) is 4.90 Å². The first-order valence-corrected chi connectivity index (χ1v) is 10.2. The van der Waals surface area contributed by atoms with Crippen LogP contribution in [0.2, 0.25) is 0 Å². The lowest BCUT2D eigenvalue weighted by Gasteiger charge is -2.57. The van der Waals surface area contributed by atoms with E-state index in [-0.39, 0.29) is 28.3 Å². The second-order valence-corrected chi connectivity index (χ2v) is 10.5. The van der Waals surface area contributed by atoms with E-state index in [0.29, 0.717) is 6.42 Å². The fraction of sp³-hybridized carbons (Fsp3) is 0.889. The van der Waals surface area contributed by atoms with Gasteiger partial charge in [0.05, 0.1) is 4.87 Å². The van der Waals surface area contributed by atoms with E-state index in [1.54, 1.807) is 11.8 Å². The number of rotatable bonds is 2. The first-order chi connectivity index (χ1) is 11.0. The third kappa shape index (κ3) is 2.11. The van der Waals surface area contributed by atoms with Crippen molar-refractivity contribution < 1.29 is 9.59 Å². The van der Waals surface area contributed by atoms with Gasteiger partial charge in [0.2, 0.25) is 11.8 Å². The van der Waals surface area contributed by atoms with Gasteiger partial charge >= 0.3 is 0 Å². The van der Waals surface area contributed by atoms with E-state index >= 15 is 0 Å². The van der Waals surface area contributed by atoms with Gasteiger partial charge in [0.15, 0.2) is 0 Å². The Morgan fingerprint density at radius 3 is 2.39 bits per heavy atom. The zero-order chi connectivity index (χ0) is 15.8. The Morgan fingerprint density at radius 1 is 1.17 bits per heavy atom. The summed E-state index contributed by atoms with van der Waals surface area (Å²) < 4.78 is 0. The van der Waals surface area contributed by atoms with Gasteiger partial charge in [0, 0.05) is 17.7 Å². The zero-order valence-electron chi connectivity index (χ0n) is 13.8. The molecule has 2 saturated heterocycles. The quantitative estimate of drug-likeness (QED) is 0.844. The SMILES string of the molecule is C[C@@]12CCC(=O)N1[C@H](C(=O)NC13CC4CC(CC(C4)C1)C3)CS2. The highest BCUT2D eigenvalue weighted by atomic mass is 32.2. The lowest BCUT2D eigenvalue weighted by Crippen LogP contribution is -2.63. The minimum Gasteiger partial charge on any atom is -0.349 e. The van der Waals surface area contributed by atoms with Crippen LogP contribution in [-0.4, -0.2) is 38.9 Å². The zero-order valence-corrected chi connectivity index (χ0v) is 14.7. The second kappa shape index (κ2) is 4.68. The maximum Gasteiger partial charge on any atom is 0.244 e. The molecule has 4 bridgehead atoms. The average molecular weight is 334 g/mol. The number of nitrogens with one attached hydrogen (secondary N) is 1. The van der Waals surface area contributed by atoms with E-state index in [9.17, 15) is 9.59 Å². The van der Waals surface area contributed by atoms with Crippen LogP contribution in [0.1, 0.15) is 58.3 Å². The van der Waals surface area contributed by atoms with Gasteiger partial charge in [-0.2, -0.15) is 0 Å². The van der Waals surface area contributed by atoms with Crippen LogP contribution >= 0.6 is 11.8 Å². The monoisotopic (exact) mass is 334 g/mol. The van der Waals surface area contributed by atoms with Gasteiger partial charge in [-0.15, -0.1) is 11.8 Å². The molecule has 2 atom stereocenters. The Kier molecular flexibility index (Phi) is 2.97. The molecule has 2 heterocycles. The van der Waals surface area contributed by atoms with Gasteiger partial charge < -0.3 is 10.2 Å². The Morgan fingerprint density at radius 2 is 1.78 bits per heavy atom. The molecular formula is C18H26N2O2S. The Balaban J connectivity index is 1.35. The fourth-order valence-electron chi connectivity index (χ4n) is 6.62. The molecule has 0 aromatic rings. The summed E-state index contributed by atoms with van der Waals surface area (Å²) in [6.07, 6.45) is 9.18. The topological polar surface area (TPSA) is 49.4 Å². The lowest BCUT2D eigenvalue weighted by atomic mass is 9.53. The van der Waals surface area contributed by atoms with Gasteiger partial charge in [-0.25, -0.2) is 0 Å². The van der Waals surface area contributed by atoms with Crippen LogP contribution in [0.25, 0.3) is 0 Å². The minimum absolute atomic E-state index is 0.0538. The van der Waals surface area contributed by atoms with Gasteiger partial charge in [-0.1, -0.05) is 0 Å². The smallest absolute Gasteiger partial charge is 0.244 e. The molecule has 0 aromatic heterocycles. The number of amides is 2. The highest BCUT2D eigenvalue weighted by molar-refractivity contribution is 8.01. The van der Waals surface area contributed by atoms with Crippen LogP contribution in [0.3, 0.4) is 0 Å². The molecule has 0 radical (unpaired) electrons. The summed E-state index contributed by atoms with van der Waals surface area (Å²) in [7, 11) is 0. The first kappa shape index (κ1) is 14.6. The third-order valence-electron chi connectivity index (χ3n) is 7.17. The van der Waals surface area contributed by atoms with Crippen molar-refractivity contribution in [1.29, 1.82) is 0 Å². The number of fused-ring (bicyclic) bond motifs is 1. The van der Waals surface area contributed by atoms with Gasteiger partial charge in [0.1, 0.15) is 6.04 Å². The second-order valence-electron chi connectivity index (χ2n) is 8.95. The first-order valence-electron chi connectivity index (χ1n) is 9.25. The maximum absolute atomic E-state index is 13.0. The molecule has 6 fully saturated rings. The molecule has 2 aliphatic heterocycles. The molecule has 1 N–H and O–H groups in total. The maximum atomic E-state index is 13.0. The number of thioether (sulfide) groups is 1. The molecule has 4 saturated carbocycles. The van der Waals surface area contributed by atoms with Crippen molar-refractivity contribution in [2.45, 2.75) is 74.7 Å². The van der Waals surface area contributed by atoms with Crippen LogP contribution < -0.4 is 5.32 Å². The third-order valence-corrected chi connectivity index (χ3v) is 8.68. The van der Waals surface area contributed by atoms with Crippen LogP contribution in [0.15, 0.2) is 0 Å². The number of nitrogens with zero attached hydrogens (tertiary/aromatic N) is 1. The summed E-state index contributed by atoms with van der Waals surface area (Å²) in [5, 5.41) is 3.47. The summed E-state index contributed by atoms with van der Waals surface area (Å²) >= 11 is 1.79. The normalized spacial score (nSPS) is 50.5. The lowest BCUT2D eigenvalue weighted by molar-refractivity contribution is -0.140. The summed E-state index contributed by atoms with van der Waals surface area (Å²) in [5.41, 5.74) is 0.0538. The van der Waals surface area contributed by atoms with E-state index in [1.165, 1.54) is 38.5 Å². The minimum atomic E-state index is -0.243. The molecule has 126 valence electrons. The van der Waals surface area contributed by atoms with Crippen molar-refractivity contribution in [3.63, 3.8) is 0 Å². The van der Waals surface area contributed by atoms with Crippen molar-refractivity contribution >= 4 is 23.6 Å². The molecule has 0 spiro atoms. The van der Waals surface area contributed by atoms with Crippen molar-refractivity contribution in [1.82, 2.24) is 10.2 Å². The van der Waals surface area contributed by atoms with E-state index in [0.717, 1.165) is 29.9 Å². The van der Waals surface area contributed by atoms with Crippen LogP contribution in [0, 0.1) is 17.8 Å². The molecule has 4 nitrogen and oxygen atoms in total. The summed E-state index contributed by atoms with van der Waals surface area (Å²) in [4.78, 5) is 27.1. The van der Waals surface area contributed by atoms with Crippen molar-refractivity contribution in [3.05, 3.63) is 0 Å². The van der Waals surface area contributed by atoms with Crippen LogP contribution in [0.5, 0.6) is 0 Å². The molecule has 2 amide bonds. The van der Waals surface area contributed by atoms with E-state index in [4.69, 9.17) is 0 Å². The molecule has 0 aromatic carbocycles. The standard InChI is InChI=1S/C18H26N2O2S/c1-17-3-2-15(21)20(17)14(10-23-17)16(22)19-18-7-11-4-12(8-18)6-13(5-11)9-18/h11-14H,2-10H2,1H3,(H,19,22)/t11?,12?,13?,14-,17+,18?/m0/s1. The Hall–Kier alpha value is -0.710. The molecule has 5 heteroatoms. The highest BCUT2D eigenvalue weighted by Crippen LogP contribution is 2.56. The summed E-state index contributed by atoms with van der Waals surface area (Å²) in [6.45, 7) is 2.13. The van der Waals surface area contributed by atoms with Gasteiger partial charge in [0.25, 0.3) is 0 Å².